The number of carbonyl (C=O) groups is 1. The molecular formula is C28H24O4. The van der Waals surface area contributed by atoms with Gasteiger partial charge in [-0.05, 0) is 28.8 Å². The van der Waals surface area contributed by atoms with E-state index in [4.69, 9.17) is 14.2 Å². The van der Waals surface area contributed by atoms with Gasteiger partial charge in [0.2, 0.25) is 0 Å². The normalized spacial score (nSPS) is 10.4. The van der Waals surface area contributed by atoms with Crippen LogP contribution in [0.5, 0.6) is 11.5 Å². The largest absolute Gasteiger partial charge is 0.489 e. The molecule has 4 heteroatoms. The van der Waals surface area contributed by atoms with E-state index < -0.39 is 5.97 Å². The maximum atomic E-state index is 12.8. The second-order valence-electron chi connectivity index (χ2n) is 7.27. The van der Waals surface area contributed by atoms with Crippen molar-refractivity contribution >= 4 is 5.97 Å². The summed E-state index contributed by atoms with van der Waals surface area (Å²) in [5, 5.41) is 0. The van der Waals surface area contributed by atoms with Crippen LogP contribution in [0, 0.1) is 0 Å². The maximum absolute atomic E-state index is 12.8. The maximum Gasteiger partial charge on any atom is 0.342 e. The predicted molar refractivity (Wildman–Crippen MR) is 124 cm³/mol. The Labute approximate surface area is 188 Å². The van der Waals surface area contributed by atoms with Gasteiger partial charge in [-0.15, -0.1) is 0 Å². The van der Waals surface area contributed by atoms with E-state index in [0.29, 0.717) is 30.3 Å². The summed E-state index contributed by atoms with van der Waals surface area (Å²) in [5.74, 6) is 0.612. The molecule has 4 aromatic rings. The average Bonchev–Trinajstić information content (AvgIpc) is 2.86. The molecule has 0 aliphatic carbocycles. The van der Waals surface area contributed by atoms with Gasteiger partial charge in [0.05, 0.1) is 0 Å². The number of hydrogen-bond donors (Lipinski definition) is 0. The monoisotopic (exact) mass is 424 g/mol. The molecule has 0 amide bonds. The van der Waals surface area contributed by atoms with Crippen LogP contribution in [0.1, 0.15) is 27.0 Å². The lowest BCUT2D eigenvalue weighted by molar-refractivity contribution is 0.0467. The molecular weight excluding hydrogens is 400 g/mol. The quantitative estimate of drug-likeness (QED) is 0.300. The molecule has 0 spiro atoms. The summed E-state index contributed by atoms with van der Waals surface area (Å²) in [6, 6.07) is 34.5. The van der Waals surface area contributed by atoms with Crippen LogP contribution in [-0.4, -0.2) is 5.97 Å². The lowest BCUT2D eigenvalue weighted by Gasteiger charge is -2.14. The Bertz CT molecular complexity index is 1130. The molecule has 32 heavy (non-hydrogen) atoms. The van der Waals surface area contributed by atoms with Gasteiger partial charge in [0.25, 0.3) is 0 Å². The molecule has 0 heterocycles. The van der Waals surface area contributed by atoms with Gasteiger partial charge < -0.3 is 14.2 Å². The second kappa shape index (κ2) is 10.8. The van der Waals surface area contributed by atoms with Crippen molar-refractivity contribution in [2.75, 3.05) is 0 Å². The lowest BCUT2D eigenvalue weighted by atomic mass is 10.2. The van der Waals surface area contributed by atoms with Gasteiger partial charge in [-0.3, -0.25) is 0 Å². The van der Waals surface area contributed by atoms with E-state index in [2.05, 4.69) is 0 Å². The average molecular weight is 424 g/mol. The Morgan fingerprint density at radius 1 is 0.562 bits per heavy atom. The lowest BCUT2D eigenvalue weighted by Crippen LogP contribution is -2.09. The van der Waals surface area contributed by atoms with Crippen LogP contribution in [-0.2, 0) is 24.6 Å². The number of benzene rings is 4. The highest BCUT2D eigenvalue weighted by atomic mass is 16.5. The Balaban J connectivity index is 1.49. The van der Waals surface area contributed by atoms with Crippen LogP contribution in [0.3, 0.4) is 0 Å². The van der Waals surface area contributed by atoms with Crippen molar-refractivity contribution in [1.82, 2.24) is 0 Å². The van der Waals surface area contributed by atoms with Crippen LogP contribution < -0.4 is 9.47 Å². The Hall–Kier alpha value is -4.05. The minimum Gasteiger partial charge on any atom is -0.489 e. The first kappa shape index (κ1) is 21.2. The first-order valence-electron chi connectivity index (χ1n) is 10.5. The van der Waals surface area contributed by atoms with Crippen molar-refractivity contribution in [3.05, 3.63) is 131 Å². The van der Waals surface area contributed by atoms with E-state index >= 15 is 0 Å². The standard InChI is InChI=1S/C28H24O4/c29-28(32-21-24-14-8-3-9-15-24)26-17-16-25(30-19-22-10-4-1-5-11-22)18-27(26)31-20-23-12-6-2-7-13-23/h1-18H,19-21H2. The highest BCUT2D eigenvalue weighted by molar-refractivity contribution is 5.92. The minimum atomic E-state index is -0.438. The minimum absolute atomic E-state index is 0.198. The zero-order chi connectivity index (χ0) is 22.0. The van der Waals surface area contributed by atoms with Crippen molar-refractivity contribution in [3.63, 3.8) is 0 Å². The third kappa shape index (κ3) is 5.99. The molecule has 160 valence electrons. The van der Waals surface area contributed by atoms with Crippen molar-refractivity contribution in [1.29, 1.82) is 0 Å². The Morgan fingerprint density at radius 3 is 1.62 bits per heavy atom. The molecule has 0 N–H and O–H groups in total. The van der Waals surface area contributed by atoms with Crippen molar-refractivity contribution in [2.24, 2.45) is 0 Å². The number of esters is 1. The fraction of sp³-hybridized carbons (Fsp3) is 0.107. The van der Waals surface area contributed by atoms with Crippen LogP contribution in [0.15, 0.2) is 109 Å². The van der Waals surface area contributed by atoms with Gasteiger partial charge in [-0.25, -0.2) is 4.79 Å². The topological polar surface area (TPSA) is 44.8 Å². The van der Waals surface area contributed by atoms with E-state index in [-0.39, 0.29) is 6.61 Å². The highest BCUT2D eigenvalue weighted by Crippen LogP contribution is 2.27. The molecule has 4 nitrogen and oxygen atoms in total. The smallest absolute Gasteiger partial charge is 0.342 e. The fourth-order valence-corrected chi connectivity index (χ4v) is 3.16. The molecule has 0 atom stereocenters. The fourth-order valence-electron chi connectivity index (χ4n) is 3.16. The first-order valence-corrected chi connectivity index (χ1v) is 10.5. The van der Waals surface area contributed by atoms with Gasteiger partial charge in [-0.1, -0.05) is 91.0 Å². The van der Waals surface area contributed by atoms with Crippen LogP contribution in [0.25, 0.3) is 0 Å². The molecule has 0 aromatic heterocycles. The van der Waals surface area contributed by atoms with Gasteiger partial charge in [0.1, 0.15) is 36.9 Å². The summed E-state index contributed by atoms with van der Waals surface area (Å²) in [7, 11) is 0. The number of rotatable bonds is 9. The molecule has 4 rings (SSSR count). The molecule has 0 bridgehead atoms. The summed E-state index contributed by atoms with van der Waals surface area (Å²) in [6.45, 7) is 0.961. The molecule has 0 saturated carbocycles. The summed E-state index contributed by atoms with van der Waals surface area (Å²) >= 11 is 0. The number of ether oxygens (including phenoxy) is 3. The van der Waals surface area contributed by atoms with E-state index in [1.807, 2.05) is 91.0 Å². The highest BCUT2D eigenvalue weighted by Gasteiger charge is 2.16. The Kier molecular flexibility index (Phi) is 7.17. The van der Waals surface area contributed by atoms with Crippen molar-refractivity contribution < 1.29 is 19.0 Å². The number of carbonyl (C=O) groups excluding carboxylic acids is 1. The van der Waals surface area contributed by atoms with E-state index in [9.17, 15) is 4.79 Å². The zero-order valence-corrected chi connectivity index (χ0v) is 17.6. The third-order valence-electron chi connectivity index (χ3n) is 4.87. The molecule has 0 fully saturated rings. The van der Waals surface area contributed by atoms with Crippen molar-refractivity contribution in [3.8, 4) is 11.5 Å². The second-order valence-corrected chi connectivity index (χ2v) is 7.27. The van der Waals surface area contributed by atoms with Gasteiger partial charge >= 0.3 is 5.97 Å². The summed E-state index contributed by atoms with van der Waals surface area (Å²) in [6.07, 6.45) is 0. The first-order chi connectivity index (χ1) is 15.8. The summed E-state index contributed by atoms with van der Waals surface area (Å²) in [4.78, 5) is 12.8. The molecule has 0 unspecified atom stereocenters. The van der Waals surface area contributed by atoms with Gasteiger partial charge in [0, 0.05) is 6.07 Å². The van der Waals surface area contributed by atoms with Crippen LogP contribution in [0.4, 0.5) is 0 Å². The van der Waals surface area contributed by atoms with Gasteiger partial charge in [0.15, 0.2) is 0 Å². The molecule has 4 aromatic carbocycles. The van der Waals surface area contributed by atoms with Crippen molar-refractivity contribution in [2.45, 2.75) is 19.8 Å². The number of hydrogen-bond acceptors (Lipinski definition) is 4. The molecule has 0 aliphatic heterocycles. The molecule has 0 aliphatic rings. The SMILES string of the molecule is O=C(OCc1ccccc1)c1ccc(OCc2ccccc2)cc1OCc1ccccc1. The molecule has 0 saturated heterocycles. The zero-order valence-electron chi connectivity index (χ0n) is 17.6. The van der Waals surface area contributed by atoms with E-state index in [1.54, 1.807) is 18.2 Å². The van der Waals surface area contributed by atoms with Gasteiger partial charge in [-0.2, -0.15) is 0 Å². The predicted octanol–water partition coefficient (Wildman–Crippen LogP) is 6.20. The Morgan fingerprint density at radius 2 is 1.06 bits per heavy atom. The van der Waals surface area contributed by atoms with E-state index in [0.717, 1.165) is 16.7 Å². The molecule has 0 radical (unpaired) electrons. The van der Waals surface area contributed by atoms with Crippen LogP contribution >= 0.6 is 0 Å². The summed E-state index contributed by atoms with van der Waals surface area (Å²) < 4.78 is 17.4. The van der Waals surface area contributed by atoms with Crippen LogP contribution in [0.2, 0.25) is 0 Å². The summed E-state index contributed by atoms with van der Waals surface area (Å²) in [5.41, 5.74) is 3.36. The third-order valence-corrected chi connectivity index (χ3v) is 4.87. The van der Waals surface area contributed by atoms with E-state index in [1.165, 1.54) is 0 Å².